The zero-order chi connectivity index (χ0) is 21.0. The maximum absolute atomic E-state index is 14.4. The van der Waals surface area contributed by atoms with Gasteiger partial charge in [0.2, 0.25) is 0 Å². The minimum absolute atomic E-state index is 0.0431. The summed E-state index contributed by atoms with van der Waals surface area (Å²) in [6.45, 7) is 3.63. The van der Waals surface area contributed by atoms with Crippen LogP contribution in [0.4, 0.5) is 14.5 Å². The average Bonchev–Trinajstić information content (AvgIpc) is 3.16. The van der Waals surface area contributed by atoms with Crippen molar-refractivity contribution >= 4 is 17.9 Å². The largest absolute Gasteiger partial charge is 0.485 e. The molecule has 1 heterocycles. The van der Waals surface area contributed by atoms with Gasteiger partial charge in [0.1, 0.15) is 6.61 Å². The van der Waals surface area contributed by atoms with Crippen molar-refractivity contribution in [3.05, 3.63) is 59.2 Å². The van der Waals surface area contributed by atoms with E-state index in [4.69, 9.17) is 9.84 Å². The molecule has 7 heteroatoms. The van der Waals surface area contributed by atoms with Crippen LogP contribution in [-0.2, 0) is 17.6 Å². The summed E-state index contributed by atoms with van der Waals surface area (Å²) in [5.74, 6) is -3.88. The van der Waals surface area contributed by atoms with Crippen LogP contribution < -0.4 is 9.75 Å². The van der Waals surface area contributed by atoms with Crippen LogP contribution in [0.15, 0.2) is 41.5 Å². The van der Waals surface area contributed by atoms with Crippen molar-refractivity contribution in [2.24, 2.45) is 11.0 Å². The summed E-state index contributed by atoms with van der Waals surface area (Å²) in [6, 6.07) is 10.1. The SMILES string of the molecule is CCc1ccc(N2N=CCC2COc2c(F)cc(CC(C)C(=O)O)cc2F)cc1. The number of carbonyl (C=O) groups is 1. The highest BCUT2D eigenvalue weighted by atomic mass is 19.1. The molecule has 0 aliphatic carbocycles. The molecule has 5 nitrogen and oxygen atoms in total. The molecular weight excluding hydrogens is 378 g/mol. The van der Waals surface area contributed by atoms with Crippen molar-refractivity contribution in [2.75, 3.05) is 11.6 Å². The molecule has 3 rings (SSSR count). The molecule has 29 heavy (non-hydrogen) atoms. The summed E-state index contributed by atoms with van der Waals surface area (Å²) in [6.07, 6.45) is 3.34. The van der Waals surface area contributed by atoms with E-state index in [0.717, 1.165) is 24.2 Å². The summed E-state index contributed by atoms with van der Waals surface area (Å²) in [5, 5.41) is 15.1. The van der Waals surface area contributed by atoms with E-state index in [0.29, 0.717) is 6.42 Å². The number of aryl methyl sites for hydroxylation is 1. The van der Waals surface area contributed by atoms with Crippen LogP contribution in [0.1, 0.15) is 31.4 Å². The highest BCUT2D eigenvalue weighted by Crippen LogP contribution is 2.27. The van der Waals surface area contributed by atoms with Crippen LogP contribution in [0.25, 0.3) is 0 Å². The molecular formula is C22H24F2N2O3. The van der Waals surface area contributed by atoms with Gasteiger partial charge in [0.05, 0.1) is 17.6 Å². The molecule has 2 aromatic carbocycles. The van der Waals surface area contributed by atoms with Gasteiger partial charge in [-0.25, -0.2) is 8.78 Å². The minimum atomic E-state index is -1.01. The van der Waals surface area contributed by atoms with Crippen LogP contribution in [-0.4, -0.2) is 29.9 Å². The van der Waals surface area contributed by atoms with E-state index in [-0.39, 0.29) is 24.6 Å². The molecule has 0 saturated carbocycles. The minimum Gasteiger partial charge on any atom is -0.485 e. The Morgan fingerprint density at radius 2 is 1.90 bits per heavy atom. The summed E-state index contributed by atoms with van der Waals surface area (Å²) >= 11 is 0. The molecule has 1 aliphatic rings. The van der Waals surface area contributed by atoms with E-state index in [1.165, 1.54) is 12.5 Å². The molecule has 0 amide bonds. The van der Waals surface area contributed by atoms with Gasteiger partial charge in [0.15, 0.2) is 17.4 Å². The smallest absolute Gasteiger partial charge is 0.306 e. The highest BCUT2D eigenvalue weighted by Gasteiger charge is 2.25. The van der Waals surface area contributed by atoms with Crippen LogP contribution in [0.5, 0.6) is 5.75 Å². The lowest BCUT2D eigenvalue weighted by molar-refractivity contribution is -0.141. The Kier molecular flexibility index (Phi) is 6.46. The third kappa shape index (κ3) is 4.91. The zero-order valence-corrected chi connectivity index (χ0v) is 16.4. The van der Waals surface area contributed by atoms with Crippen molar-refractivity contribution in [1.29, 1.82) is 0 Å². The van der Waals surface area contributed by atoms with E-state index in [1.54, 1.807) is 11.2 Å². The van der Waals surface area contributed by atoms with Crippen LogP contribution in [0.3, 0.4) is 0 Å². The summed E-state index contributed by atoms with van der Waals surface area (Å²) in [5.41, 5.74) is 2.39. The molecule has 0 fully saturated rings. The number of hydrazone groups is 1. The Labute approximate surface area is 168 Å². The number of anilines is 1. The Morgan fingerprint density at radius 3 is 2.48 bits per heavy atom. The third-order valence-corrected chi connectivity index (χ3v) is 4.98. The van der Waals surface area contributed by atoms with Gasteiger partial charge < -0.3 is 9.84 Å². The first kappa shape index (κ1) is 20.8. The van der Waals surface area contributed by atoms with Crippen molar-refractivity contribution < 1.29 is 23.4 Å². The van der Waals surface area contributed by atoms with Gasteiger partial charge in [-0.05, 0) is 48.2 Å². The fraction of sp³-hybridized carbons (Fsp3) is 0.364. The number of carboxylic acids is 1. The quantitative estimate of drug-likeness (QED) is 0.709. The van der Waals surface area contributed by atoms with E-state index in [1.807, 2.05) is 24.3 Å². The van der Waals surface area contributed by atoms with Crippen molar-refractivity contribution in [1.82, 2.24) is 0 Å². The second-order valence-corrected chi connectivity index (χ2v) is 7.20. The van der Waals surface area contributed by atoms with Gasteiger partial charge in [-0.2, -0.15) is 5.10 Å². The van der Waals surface area contributed by atoms with Crippen LogP contribution in [0.2, 0.25) is 0 Å². The molecule has 2 aromatic rings. The van der Waals surface area contributed by atoms with Crippen molar-refractivity contribution in [2.45, 2.75) is 39.2 Å². The van der Waals surface area contributed by atoms with E-state index < -0.39 is 29.3 Å². The van der Waals surface area contributed by atoms with Gasteiger partial charge in [-0.15, -0.1) is 0 Å². The van der Waals surface area contributed by atoms with Gasteiger partial charge >= 0.3 is 5.97 Å². The Morgan fingerprint density at radius 1 is 1.24 bits per heavy atom. The van der Waals surface area contributed by atoms with Gasteiger partial charge in [0, 0.05) is 12.6 Å². The summed E-state index contributed by atoms with van der Waals surface area (Å²) in [7, 11) is 0. The number of benzene rings is 2. The number of hydrogen-bond acceptors (Lipinski definition) is 4. The number of ether oxygens (including phenoxy) is 1. The molecule has 0 saturated heterocycles. The summed E-state index contributed by atoms with van der Waals surface area (Å²) in [4.78, 5) is 10.9. The molecule has 0 aromatic heterocycles. The maximum Gasteiger partial charge on any atom is 0.306 e. The first-order chi connectivity index (χ1) is 13.9. The molecule has 2 unspecified atom stereocenters. The number of hydrogen-bond donors (Lipinski definition) is 1. The van der Waals surface area contributed by atoms with Crippen molar-refractivity contribution in [3.8, 4) is 5.75 Å². The number of rotatable bonds is 8. The number of halogens is 2. The highest BCUT2D eigenvalue weighted by molar-refractivity contribution is 5.70. The standard InChI is InChI=1S/C22H24F2N2O3/c1-3-15-4-6-17(7-5-15)26-18(8-9-25-26)13-29-21-19(23)11-16(12-20(21)24)10-14(2)22(27)28/h4-7,9,11-12,14,18H,3,8,10,13H2,1-2H3,(H,27,28). The zero-order valence-electron chi connectivity index (χ0n) is 16.4. The number of nitrogens with zero attached hydrogens (tertiary/aromatic N) is 2. The van der Waals surface area contributed by atoms with Gasteiger partial charge in [-0.3, -0.25) is 9.80 Å². The normalized spacial score (nSPS) is 16.8. The lowest BCUT2D eigenvalue weighted by Gasteiger charge is -2.24. The molecule has 0 radical (unpaired) electrons. The van der Waals surface area contributed by atoms with Crippen molar-refractivity contribution in [3.63, 3.8) is 0 Å². The molecule has 0 bridgehead atoms. The lowest BCUT2D eigenvalue weighted by Crippen LogP contribution is -2.32. The van der Waals surface area contributed by atoms with E-state index >= 15 is 0 Å². The molecule has 154 valence electrons. The topological polar surface area (TPSA) is 62.1 Å². The predicted octanol–water partition coefficient (Wildman–Crippen LogP) is 4.43. The second kappa shape index (κ2) is 9.03. The fourth-order valence-electron chi connectivity index (χ4n) is 3.24. The predicted molar refractivity (Wildman–Crippen MR) is 108 cm³/mol. The Balaban J connectivity index is 1.67. The van der Waals surface area contributed by atoms with Crippen LogP contribution in [0, 0.1) is 17.6 Å². The van der Waals surface area contributed by atoms with Gasteiger partial charge in [0.25, 0.3) is 0 Å². The molecule has 2 atom stereocenters. The molecule has 0 spiro atoms. The first-order valence-electron chi connectivity index (χ1n) is 9.63. The van der Waals surface area contributed by atoms with E-state index in [2.05, 4.69) is 12.0 Å². The Bertz CT molecular complexity index is 876. The van der Waals surface area contributed by atoms with E-state index in [9.17, 15) is 13.6 Å². The maximum atomic E-state index is 14.4. The third-order valence-electron chi connectivity index (χ3n) is 4.98. The number of carboxylic acid groups (broad SMARTS) is 1. The first-order valence-corrected chi connectivity index (χ1v) is 9.63. The molecule has 1 aliphatic heterocycles. The lowest BCUT2D eigenvalue weighted by atomic mass is 10.0. The van der Waals surface area contributed by atoms with Crippen LogP contribution >= 0.6 is 0 Å². The average molecular weight is 402 g/mol. The fourth-order valence-corrected chi connectivity index (χ4v) is 3.24. The summed E-state index contributed by atoms with van der Waals surface area (Å²) < 4.78 is 34.2. The molecule has 1 N–H and O–H groups in total. The number of aliphatic carboxylic acids is 1. The van der Waals surface area contributed by atoms with Gasteiger partial charge in [-0.1, -0.05) is 26.0 Å². The Hall–Kier alpha value is -2.96. The second-order valence-electron chi connectivity index (χ2n) is 7.20. The monoisotopic (exact) mass is 402 g/mol.